The van der Waals surface area contributed by atoms with Crippen LogP contribution >= 0.6 is 0 Å². The lowest BCUT2D eigenvalue weighted by Crippen LogP contribution is -1.98. The maximum absolute atomic E-state index is 11.3. The molecular formula is C11H10O2. The minimum atomic E-state index is -0.257. The van der Waals surface area contributed by atoms with E-state index < -0.39 is 0 Å². The number of fused-ring (bicyclic) bond motifs is 1. The van der Waals surface area contributed by atoms with E-state index >= 15 is 0 Å². The van der Waals surface area contributed by atoms with Crippen LogP contribution in [0.25, 0.3) is 10.8 Å². The van der Waals surface area contributed by atoms with Crippen LogP contribution in [0.4, 0.5) is 0 Å². The molecule has 0 saturated carbocycles. The van der Waals surface area contributed by atoms with E-state index in [1.807, 2.05) is 18.2 Å². The molecule has 2 heteroatoms. The maximum atomic E-state index is 11.3. The normalized spacial score (nSPS) is 10.5. The number of rotatable bonds is 1. The molecule has 1 aromatic carbocycles. The topological polar surface area (TPSA) is 30.2 Å². The van der Waals surface area contributed by atoms with Gasteiger partial charge in [0.25, 0.3) is 0 Å². The average Bonchev–Trinajstić information content (AvgIpc) is 2.18. The van der Waals surface area contributed by atoms with Gasteiger partial charge in [-0.05, 0) is 29.5 Å². The molecule has 0 radical (unpaired) electrons. The Balaban J connectivity index is 2.82. The minimum absolute atomic E-state index is 0.257. The molecule has 2 nitrogen and oxygen atoms in total. The summed E-state index contributed by atoms with van der Waals surface area (Å²) in [7, 11) is 0. The van der Waals surface area contributed by atoms with Crippen molar-refractivity contribution in [1.82, 2.24) is 0 Å². The van der Waals surface area contributed by atoms with E-state index in [-0.39, 0.29) is 5.63 Å². The van der Waals surface area contributed by atoms with Gasteiger partial charge in [-0.3, -0.25) is 0 Å². The van der Waals surface area contributed by atoms with Crippen LogP contribution in [0.5, 0.6) is 0 Å². The van der Waals surface area contributed by atoms with Crippen molar-refractivity contribution in [3.05, 3.63) is 46.5 Å². The van der Waals surface area contributed by atoms with Crippen LogP contribution < -0.4 is 5.63 Å². The van der Waals surface area contributed by atoms with Crippen molar-refractivity contribution in [2.45, 2.75) is 13.3 Å². The molecule has 1 aromatic heterocycles. The van der Waals surface area contributed by atoms with Crippen LogP contribution in [-0.4, -0.2) is 0 Å². The molecule has 0 bridgehead atoms. The molecule has 0 aliphatic heterocycles. The highest BCUT2D eigenvalue weighted by atomic mass is 16.4. The highest BCUT2D eigenvalue weighted by Gasteiger charge is 1.99. The Hall–Kier alpha value is -1.57. The van der Waals surface area contributed by atoms with Crippen molar-refractivity contribution in [2.24, 2.45) is 0 Å². The Morgan fingerprint density at radius 2 is 2.15 bits per heavy atom. The summed E-state index contributed by atoms with van der Waals surface area (Å²) in [5.74, 6) is 0. The third kappa shape index (κ3) is 1.35. The zero-order valence-corrected chi connectivity index (χ0v) is 7.41. The van der Waals surface area contributed by atoms with E-state index in [2.05, 4.69) is 6.92 Å². The van der Waals surface area contributed by atoms with E-state index in [1.165, 1.54) is 6.26 Å². The van der Waals surface area contributed by atoms with Crippen LogP contribution in [0, 0.1) is 0 Å². The molecule has 0 saturated heterocycles. The summed E-state index contributed by atoms with van der Waals surface area (Å²) in [6.07, 6.45) is 2.36. The van der Waals surface area contributed by atoms with Crippen LogP contribution in [0.2, 0.25) is 0 Å². The second kappa shape index (κ2) is 3.05. The molecule has 0 fully saturated rings. The van der Waals surface area contributed by atoms with Crippen LogP contribution in [0.1, 0.15) is 12.5 Å². The van der Waals surface area contributed by atoms with Gasteiger partial charge in [-0.25, -0.2) is 4.79 Å². The third-order valence-corrected chi connectivity index (χ3v) is 2.17. The molecular weight excluding hydrogens is 164 g/mol. The molecule has 0 aliphatic rings. The van der Waals surface area contributed by atoms with Crippen molar-refractivity contribution in [1.29, 1.82) is 0 Å². The Kier molecular flexibility index (Phi) is 1.89. The zero-order valence-electron chi connectivity index (χ0n) is 7.41. The molecule has 0 spiro atoms. The molecule has 0 N–H and O–H groups in total. The van der Waals surface area contributed by atoms with Gasteiger partial charge in [0.2, 0.25) is 0 Å². The maximum Gasteiger partial charge on any atom is 0.343 e. The first kappa shape index (κ1) is 8.05. The van der Waals surface area contributed by atoms with E-state index in [1.54, 1.807) is 6.07 Å². The van der Waals surface area contributed by atoms with Gasteiger partial charge in [-0.2, -0.15) is 0 Å². The highest BCUT2D eigenvalue weighted by molar-refractivity contribution is 5.81. The number of hydrogen-bond donors (Lipinski definition) is 0. The largest absolute Gasteiger partial charge is 0.431 e. The first-order chi connectivity index (χ1) is 6.31. The van der Waals surface area contributed by atoms with Crippen LogP contribution in [0.15, 0.2) is 39.7 Å². The summed E-state index contributed by atoms with van der Waals surface area (Å²) in [5.41, 5.74) is 0.902. The molecule has 0 amide bonds. The summed E-state index contributed by atoms with van der Waals surface area (Å²) in [6, 6.07) is 7.67. The molecule has 2 rings (SSSR count). The number of benzene rings is 1. The van der Waals surface area contributed by atoms with Gasteiger partial charge in [-0.1, -0.05) is 19.1 Å². The Morgan fingerprint density at radius 1 is 1.31 bits per heavy atom. The second-order valence-electron chi connectivity index (χ2n) is 2.98. The van der Waals surface area contributed by atoms with E-state index in [0.29, 0.717) is 5.39 Å². The standard InChI is InChI=1S/C11H10O2/c1-2-8-3-4-9-5-6-13-11(12)10(9)7-8/h3-7H,2H2,1H3. The van der Waals surface area contributed by atoms with Crippen LogP contribution in [0.3, 0.4) is 0 Å². The quantitative estimate of drug-likeness (QED) is 0.664. The smallest absolute Gasteiger partial charge is 0.343 e. The summed E-state index contributed by atoms with van der Waals surface area (Å²) in [4.78, 5) is 11.3. The fraction of sp³-hybridized carbons (Fsp3) is 0.182. The number of hydrogen-bond acceptors (Lipinski definition) is 2. The van der Waals surface area contributed by atoms with Gasteiger partial charge in [0.1, 0.15) is 0 Å². The second-order valence-corrected chi connectivity index (χ2v) is 2.98. The van der Waals surface area contributed by atoms with Crippen molar-refractivity contribution in [2.75, 3.05) is 0 Å². The van der Waals surface area contributed by atoms with Gasteiger partial charge < -0.3 is 4.42 Å². The Labute approximate surface area is 75.8 Å². The van der Waals surface area contributed by atoms with Gasteiger partial charge >= 0.3 is 5.63 Å². The summed E-state index contributed by atoms with van der Waals surface area (Å²) in [5, 5.41) is 1.61. The van der Waals surface area contributed by atoms with Crippen LogP contribution in [-0.2, 0) is 6.42 Å². The average molecular weight is 174 g/mol. The lowest BCUT2D eigenvalue weighted by atomic mass is 10.1. The molecule has 0 unspecified atom stereocenters. The lowest BCUT2D eigenvalue weighted by molar-refractivity contribution is 0.519. The molecule has 2 aromatic rings. The Morgan fingerprint density at radius 3 is 2.92 bits per heavy atom. The number of aryl methyl sites for hydroxylation is 1. The van der Waals surface area contributed by atoms with Gasteiger partial charge in [0.15, 0.2) is 0 Å². The predicted molar refractivity (Wildman–Crippen MR) is 51.9 cm³/mol. The fourth-order valence-corrected chi connectivity index (χ4v) is 1.38. The molecule has 66 valence electrons. The van der Waals surface area contributed by atoms with Gasteiger partial charge in [0, 0.05) is 0 Å². The molecule has 1 heterocycles. The van der Waals surface area contributed by atoms with E-state index in [0.717, 1.165) is 17.4 Å². The SMILES string of the molecule is CCc1ccc2ccoc(=O)c2c1. The monoisotopic (exact) mass is 174 g/mol. The predicted octanol–water partition coefficient (Wildman–Crippen LogP) is 2.36. The Bertz CT molecular complexity index is 483. The lowest BCUT2D eigenvalue weighted by Gasteiger charge is -1.98. The van der Waals surface area contributed by atoms with Crippen molar-refractivity contribution >= 4 is 10.8 Å². The summed E-state index contributed by atoms with van der Waals surface area (Å²) >= 11 is 0. The van der Waals surface area contributed by atoms with Crippen molar-refractivity contribution in [3.63, 3.8) is 0 Å². The van der Waals surface area contributed by atoms with Gasteiger partial charge in [-0.15, -0.1) is 0 Å². The van der Waals surface area contributed by atoms with E-state index in [9.17, 15) is 4.79 Å². The first-order valence-electron chi connectivity index (χ1n) is 4.31. The zero-order chi connectivity index (χ0) is 9.26. The fourth-order valence-electron chi connectivity index (χ4n) is 1.38. The molecule has 13 heavy (non-hydrogen) atoms. The molecule has 0 atom stereocenters. The summed E-state index contributed by atoms with van der Waals surface area (Å²) < 4.78 is 4.78. The summed E-state index contributed by atoms with van der Waals surface area (Å²) in [6.45, 7) is 2.06. The molecule has 0 aliphatic carbocycles. The minimum Gasteiger partial charge on any atom is -0.431 e. The van der Waals surface area contributed by atoms with Gasteiger partial charge in [0.05, 0.1) is 11.6 Å². The van der Waals surface area contributed by atoms with E-state index in [4.69, 9.17) is 4.42 Å². The first-order valence-corrected chi connectivity index (χ1v) is 4.31. The third-order valence-electron chi connectivity index (χ3n) is 2.17. The van der Waals surface area contributed by atoms with Crippen molar-refractivity contribution in [3.8, 4) is 0 Å². The van der Waals surface area contributed by atoms with Crippen molar-refractivity contribution < 1.29 is 4.42 Å². The highest BCUT2D eigenvalue weighted by Crippen LogP contribution is 2.12.